The molecule has 0 radical (unpaired) electrons. The summed E-state index contributed by atoms with van der Waals surface area (Å²) in [6, 6.07) is 3.94. The number of carbonyl (C=O) groups is 1. The fourth-order valence-electron chi connectivity index (χ4n) is 3.17. The van der Waals surface area contributed by atoms with Crippen LogP contribution in [0, 0.1) is 0 Å². The lowest BCUT2D eigenvalue weighted by Crippen LogP contribution is -2.45. The Morgan fingerprint density at radius 2 is 2.20 bits per heavy atom. The molecule has 1 unspecified atom stereocenters. The normalized spacial score (nSPS) is 17.0. The Bertz CT molecular complexity index is 863. The molecule has 0 spiro atoms. The summed E-state index contributed by atoms with van der Waals surface area (Å²) < 4.78 is 2.47. The zero-order chi connectivity index (χ0) is 18.0. The van der Waals surface area contributed by atoms with Crippen LogP contribution in [0.4, 0.5) is 0 Å². The molecule has 1 saturated heterocycles. The summed E-state index contributed by atoms with van der Waals surface area (Å²) in [5, 5.41) is 5.22. The van der Waals surface area contributed by atoms with Crippen LogP contribution in [0.15, 0.2) is 33.3 Å². The van der Waals surface area contributed by atoms with Crippen LogP contribution in [0.1, 0.15) is 16.9 Å². The van der Waals surface area contributed by atoms with Gasteiger partial charge >= 0.3 is 5.69 Å². The molecule has 0 saturated carbocycles. The first-order valence-electron chi connectivity index (χ1n) is 8.25. The Morgan fingerprint density at radius 3 is 2.84 bits per heavy atom. The quantitative estimate of drug-likeness (QED) is 0.817. The first kappa shape index (κ1) is 17.6. The third-order valence-electron chi connectivity index (χ3n) is 4.56. The van der Waals surface area contributed by atoms with Crippen molar-refractivity contribution in [2.45, 2.75) is 25.4 Å². The van der Waals surface area contributed by atoms with E-state index in [0.29, 0.717) is 12.0 Å². The van der Waals surface area contributed by atoms with Gasteiger partial charge in [-0.2, -0.15) is 0 Å². The first-order chi connectivity index (χ1) is 12.0. The van der Waals surface area contributed by atoms with Gasteiger partial charge in [-0.3, -0.25) is 14.2 Å². The van der Waals surface area contributed by atoms with Crippen molar-refractivity contribution in [1.82, 2.24) is 19.4 Å². The van der Waals surface area contributed by atoms with Crippen LogP contribution in [-0.4, -0.2) is 39.1 Å². The lowest BCUT2D eigenvalue weighted by atomic mass is 10.1. The third kappa shape index (κ3) is 3.74. The Kier molecular flexibility index (Phi) is 5.19. The summed E-state index contributed by atoms with van der Waals surface area (Å²) in [5.74, 6) is 0.00653. The highest BCUT2D eigenvalue weighted by Crippen LogP contribution is 2.16. The zero-order valence-electron chi connectivity index (χ0n) is 14.4. The van der Waals surface area contributed by atoms with E-state index in [4.69, 9.17) is 0 Å². The summed E-state index contributed by atoms with van der Waals surface area (Å²) in [4.78, 5) is 40.0. The second-order valence-corrected chi connectivity index (χ2v) is 7.37. The topological polar surface area (TPSA) is 76.3 Å². The highest BCUT2D eigenvalue weighted by molar-refractivity contribution is 7.10. The van der Waals surface area contributed by atoms with E-state index in [1.54, 1.807) is 29.5 Å². The highest BCUT2D eigenvalue weighted by Gasteiger charge is 2.28. The molecule has 1 N–H and O–H groups in total. The molecular formula is C17H22N4O3S. The second kappa shape index (κ2) is 7.37. The minimum Gasteiger partial charge on any atom is -0.333 e. The lowest BCUT2D eigenvalue weighted by Gasteiger charge is -2.28. The fraction of sp³-hybridized carbons (Fsp3) is 0.471. The van der Waals surface area contributed by atoms with Gasteiger partial charge in [-0.05, 0) is 24.4 Å². The molecule has 0 aromatic carbocycles. The fourth-order valence-corrected chi connectivity index (χ4v) is 3.86. The predicted molar refractivity (Wildman–Crippen MR) is 96.8 cm³/mol. The molecule has 2 aromatic heterocycles. The number of hydrogen-bond donors (Lipinski definition) is 1. The van der Waals surface area contributed by atoms with E-state index in [1.165, 1.54) is 11.6 Å². The number of hydrogen-bond acceptors (Lipinski definition) is 5. The van der Waals surface area contributed by atoms with Crippen LogP contribution in [0.2, 0.25) is 0 Å². The molecule has 1 aliphatic heterocycles. The Morgan fingerprint density at radius 1 is 1.40 bits per heavy atom. The second-order valence-electron chi connectivity index (χ2n) is 6.34. The molecule has 0 aliphatic carbocycles. The van der Waals surface area contributed by atoms with E-state index in [2.05, 4.69) is 5.32 Å². The highest BCUT2D eigenvalue weighted by atomic mass is 32.1. The number of aromatic nitrogens is 2. The third-order valence-corrected chi connectivity index (χ3v) is 5.44. The van der Waals surface area contributed by atoms with Gasteiger partial charge in [0.25, 0.3) is 5.56 Å². The van der Waals surface area contributed by atoms with Gasteiger partial charge in [0.15, 0.2) is 0 Å². The van der Waals surface area contributed by atoms with E-state index in [9.17, 15) is 14.4 Å². The molecule has 8 heteroatoms. The van der Waals surface area contributed by atoms with Gasteiger partial charge in [-0.15, -0.1) is 11.3 Å². The summed E-state index contributed by atoms with van der Waals surface area (Å²) in [6.07, 6.45) is 2.74. The molecule has 1 amide bonds. The summed E-state index contributed by atoms with van der Waals surface area (Å²) >= 11 is 1.55. The Balaban J connectivity index is 1.89. The van der Waals surface area contributed by atoms with E-state index in [-0.39, 0.29) is 29.7 Å². The minimum atomic E-state index is -0.368. The van der Waals surface area contributed by atoms with Crippen molar-refractivity contribution in [2.75, 3.05) is 13.1 Å². The van der Waals surface area contributed by atoms with Gasteiger partial charge in [0.05, 0.1) is 18.5 Å². The molecule has 2 aromatic rings. The molecule has 134 valence electrons. The van der Waals surface area contributed by atoms with Gasteiger partial charge in [0.1, 0.15) is 0 Å². The molecule has 7 nitrogen and oxygen atoms in total. The van der Waals surface area contributed by atoms with Gasteiger partial charge < -0.3 is 14.8 Å². The number of aryl methyl sites for hydroxylation is 1. The van der Waals surface area contributed by atoms with Gasteiger partial charge in [-0.25, -0.2) is 4.79 Å². The number of nitrogens with zero attached hydrogens (tertiary/aromatic N) is 3. The minimum absolute atomic E-state index is 0.00653. The summed E-state index contributed by atoms with van der Waals surface area (Å²) in [5.41, 5.74) is -0.258. The molecule has 1 aliphatic rings. The number of thiophene rings is 1. The van der Waals surface area contributed by atoms with Gasteiger partial charge in [0, 0.05) is 37.8 Å². The predicted octanol–water partition coefficient (Wildman–Crippen LogP) is 0.0787. The largest absolute Gasteiger partial charge is 0.333 e. The van der Waals surface area contributed by atoms with Crippen molar-refractivity contribution < 1.29 is 4.79 Å². The molecule has 25 heavy (non-hydrogen) atoms. The molecular weight excluding hydrogens is 340 g/mol. The van der Waals surface area contributed by atoms with Gasteiger partial charge in [0.2, 0.25) is 5.91 Å². The number of carbonyl (C=O) groups excluding carboxylic acids is 1. The monoisotopic (exact) mass is 362 g/mol. The van der Waals surface area contributed by atoms with E-state index in [1.807, 2.05) is 17.5 Å². The molecule has 1 fully saturated rings. The maximum Gasteiger partial charge on any atom is 0.330 e. The summed E-state index contributed by atoms with van der Waals surface area (Å²) in [7, 11) is 3.07. The van der Waals surface area contributed by atoms with Crippen molar-refractivity contribution in [2.24, 2.45) is 14.1 Å². The van der Waals surface area contributed by atoms with Crippen LogP contribution >= 0.6 is 11.3 Å². The van der Waals surface area contributed by atoms with E-state index >= 15 is 0 Å². The molecule has 0 bridgehead atoms. The number of nitrogens with one attached hydrogen (secondary N) is 1. The average Bonchev–Trinajstić information content (AvgIpc) is 3.28. The van der Waals surface area contributed by atoms with Crippen molar-refractivity contribution >= 4 is 17.2 Å². The van der Waals surface area contributed by atoms with Crippen molar-refractivity contribution in [1.29, 1.82) is 0 Å². The zero-order valence-corrected chi connectivity index (χ0v) is 15.2. The van der Waals surface area contributed by atoms with Crippen molar-refractivity contribution in [3.05, 3.63) is 55.0 Å². The number of rotatable bonds is 5. The van der Waals surface area contributed by atoms with E-state index in [0.717, 1.165) is 29.0 Å². The first-order valence-corrected chi connectivity index (χ1v) is 9.13. The maximum absolute atomic E-state index is 12.9. The van der Waals surface area contributed by atoms with Crippen LogP contribution in [0.5, 0.6) is 0 Å². The number of amides is 1. The van der Waals surface area contributed by atoms with Crippen LogP contribution < -0.4 is 16.6 Å². The van der Waals surface area contributed by atoms with Crippen LogP contribution in [-0.2, 0) is 31.9 Å². The molecule has 3 heterocycles. The molecule has 1 atom stereocenters. The van der Waals surface area contributed by atoms with Crippen LogP contribution in [0.25, 0.3) is 0 Å². The van der Waals surface area contributed by atoms with Crippen molar-refractivity contribution in [3.8, 4) is 0 Å². The standard InChI is InChI=1S/C17H22N4O3S/c1-19-10-12(16(23)20(2)17(19)24)11-21(13-5-6-18-9-13)15(22)8-14-4-3-7-25-14/h3-4,7,10,13,18H,5-6,8-9,11H2,1-2H3. The smallest absolute Gasteiger partial charge is 0.330 e. The molecule has 3 rings (SSSR count). The van der Waals surface area contributed by atoms with E-state index < -0.39 is 0 Å². The maximum atomic E-state index is 12.9. The SMILES string of the molecule is Cn1cc(CN(C(=O)Cc2cccs2)C2CCNC2)c(=O)n(C)c1=O. The van der Waals surface area contributed by atoms with Crippen LogP contribution in [0.3, 0.4) is 0 Å². The van der Waals surface area contributed by atoms with Crippen molar-refractivity contribution in [3.63, 3.8) is 0 Å². The Labute approximate surface area is 149 Å². The van der Waals surface area contributed by atoms with Gasteiger partial charge in [-0.1, -0.05) is 6.07 Å². The summed E-state index contributed by atoms with van der Waals surface area (Å²) in [6.45, 7) is 1.80. The average molecular weight is 362 g/mol. The Hall–Kier alpha value is -2.19. The lowest BCUT2D eigenvalue weighted by molar-refractivity contribution is -0.133.